The average Bonchev–Trinajstić information content (AvgIpc) is 2.93. The van der Waals surface area contributed by atoms with Crippen LogP contribution in [0.1, 0.15) is 6.23 Å². The first kappa shape index (κ1) is 22.0. The van der Waals surface area contributed by atoms with Crippen LogP contribution in [0.2, 0.25) is 0 Å². The molecule has 16 heteroatoms. The third kappa shape index (κ3) is 3.99. The van der Waals surface area contributed by atoms with Crippen LogP contribution in [-0.2, 0) is 13.8 Å². The largest absolute Gasteiger partial charge is 0.469 e. The Hall–Kier alpha value is -2.65. The van der Waals surface area contributed by atoms with Crippen molar-refractivity contribution in [3.63, 3.8) is 0 Å². The summed E-state index contributed by atoms with van der Waals surface area (Å²) >= 11 is 0. The summed E-state index contributed by atoms with van der Waals surface area (Å²) in [5, 5.41) is 34.0. The van der Waals surface area contributed by atoms with Crippen LogP contribution >= 0.6 is 7.82 Å². The average molecular weight is 448 g/mol. The molecule has 4 atom stereocenters. The van der Waals surface area contributed by atoms with Crippen molar-refractivity contribution in [1.29, 1.82) is 0 Å². The van der Waals surface area contributed by atoms with E-state index in [1.165, 1.54) is 7.05 Å². The fourth-order valence-corrected chi connectivity index (χ4v) is 3.49. The van der Waals surface area contributed by atoms with Gasteiger partial charge in [0.05, 0.1) is 22.4 Å². The summed E-state index contributed by atoms with van der Waals surface area (Å²) in [6.45, 7) is -0.803. The molecule has 1 aliphatic rings. The predicted octanol–water partition coefficient (Wildman–Crippen LogP) is -1.63. The van der Waals surface area contributed by atoms with Crippen molar-refractivity contribution in [2.75, 3.05) is 19.0 Å². The number of H-pyrrole nitrogens is 1. The monoisotopic (exact) mass is 448 g/mol. The number of nitro groups is 1. The summed E-state index contributed by atoms with van der Waals surface area (Å²) in [6.07, 6.45) is -6.47. The number of hydrogen-bond donors (Lipinski definition) is 6. The third-order valence-electron chi connectivity index (χ3n) is 4.52. The van der Waals surface area contributed by atoms with Gasteiger partial charge in [-0.1, -0.05) is 0 Å². The number of rotatable bonds is 6. The summed E-state index contributed by atoms with van der Waals surface area (Å²) in [7, 11) is -3.52. The van der Waals surface area contributed by atoms with Crippen LogP contribution in [0.5, 0.6) is 0 Å². The van der Waals surface area contributed by atoms with E-state index in [4.69, 9.17) is 14.5 Å². The van der Waals surface area contributed by atoms with Gasteiger partial charge >= 0.3 is 13.5 Å². The maximum Gasteiger partial charge on any atom is 0.469 e. The molecule has 0 unspecified atom stereocenters. The number of aromatic amines is 1. The number of nitro benzene ring substituents is 1. The lowest BCUT2D eigenvalue weighted by Gasteiger charge is -2.20. The number of phosphoric ester groups is 1. The second kappa shape index (κ2) is 7.88. The maximum absolute atomic E-state index is 12.5. The second-order valence-corrected chi connectivity index (χ2v) is 7.59. The Morgan fingerprint density at radius 1 is 1.33 bits per heavy atom. The predicted molar refractivity (Wildman–Crippen MR) is 98.9 cm³/mol. The van der Waals surface area contributed by atoms with E-state index in [1.807, 2.05) is 4.98 Å². The first-order chi connectivity index (χ1) is 13.9. The Morgan fingerprint density at radius 3 is 2.57 bits per heavy atom. The minimum absolute atomic E-state index is 0.0410. The van der Waals surface area contributed by atoms with Crippen molar-refractivity contribution in [2.24, 2.45) is 0 Å². The van der Waals surface area contributed by atoms with Crippen molar-refractivity contribution in [3.05, 3.63) is 43.1 Å². The van der Waals surface area contributed by atoms with Crippen molar-refractivity contribution in [2.45, 2.75) is 24.5 Å². The van der Waals surface area contributed by atoms with Crippen LogP contribution in [0.3, 0.4) is 0 Å². The molecule has 1 saturated heterocycles. The fourth-order valence-electron chi connectivity index (χ4n) is 3.15. The third-order valence-corrected chi connectivity index (χ3v) is 5.01. The molecular weight excluding hydrogens is 431 g/mol. The molecule has 15 nitrogen and oxygen atoms in total. The van der Waals surface area contributed by atoms with Crippen molar-refractivity contribution in [3.8, 4) is 0 Å². The standard InChI is InChI=1S/C14H17N4O11P/c1-15-6-3-7-5(2-8(6)18(23)24)12(21)16-14(22)17(7)13-11(20)10(19)9(29-13)4-28-30(25,26)27/h2-3,9-11,13,15,19-20H,4H2,1H3,(H,16,21,22)(H2,25,26,27)/t9-,10-,11-,13-/m1/s1. The van der Waals surface area contributed by atoms with Crippen molar-refractivity contribution in [1.82, 2.24) is 9.55 Å². The van der Waals surface area contributed by atoms with Gasteiger partial charge in [0, 0.05) is 13.1 Å². The molecule has 1 aromatic carbocycles. The number of nitrogens with zero attached hydrogens (tertiary/aromatic N) is 2. The number of ether oxygens (including phenoxy) is 1. The van der Waals surface area contributed by atoms with E-state index in [1.54, 1.807) is 0 Å². The van der Waals surface area contributed by atoms with Crippen LogP contribution in [0, 0.1) is 10.1 Å². The van der Waals surface area contributed by atoms with Crippen LogP contribution in [-0.4, -0.2) is 66.4 Å². The molecule has 30 heavy (non-hydrogen) atoms. The zero-order chi connectivity index (χ0) is 22.4. The minimum atomic E-state index is -4.90. The summed E-state index contributed by atoms with van der Waals surface area (Å²) in [5.74, 6) is 0. The van der Waals surface area contributed by atoms with Gasteiger partial charge in [-0.05, 0) is 6.07 Å². The van der Waals surface area contributed by atoms with Crippen molar-refractivity contribution < 1.29 is 38.7 Å². The zero-order valence-corrected chi connectivity index (χ0v) is 16.1. The highest BCUT2D eigenvalue weighted by molar-refractivity contribution is 7.46. The molecule has 6 N–H and O–H groups in total. The van der Waals surface area contributed by atoms with Gasteiger partial charge in [0.2, 0.25) is 0 Å². The fraction of sp³-hybridized carbons (Fsp3) is 0.429. The quantitative estimate of drug-likeness (QED) is 0.166. The molecular formula is C14H17N4O11P. The number of nitrogens with one attached hydrogen (secondary N) is 2. The molecule has 164 valence electrons. The van der Waals surface area contributed by atoms with Crippen molar-refractivity contribution >= 4 is 30.1 Å². The van der Waals surface area contributed by atoms with Gasteiger partial charge in [-0.3, -0.25) is 29.0 Å². The number of phosphoric acid groups is 1. The molecule has 0 saturated carbocycles. The number of aliphatic hydroxyl groups excluding tert-OH is 2. The van der Waals surface area contributed by atoms with Gasteiger partial charge in [-0.15, -0.1) is 0 Å². The SMILES string of the molecule is CNc1cc2c(cc1[N+](=O)[O-])c(=O)[nH]c(=O)n2[C@@H]1O[C@H](COP(=O)(O)O)[C@@H](O)[C@H]1O. The highest BCUT2D eigenvalue weighted by Gasteiger charge is 2.45. The van der Waals surface area contributed by atoms with E-state index >= 15 is 0 Å². The van der Waals surface area contributed by atoms with E-state index < -0.39 is 60.8 Å². The molecule has 0 aliphatic carbocycles. The normalized spacial score (nSPS) is 24.3. The second-order valence-electron chi connectivity index (χ2n) is 6.36. The molecule has 0 amide bonds. The summed E-state index contributed by atoms with van der Waals surface area (Å²) in [4.78, 5) is 54.7. The van der Waals surface area contributed by atoms with E-state index in [0.717, 1.165) is 16.7 Å². The molecule has 2 aromatic rings. The van der Waals surface area contributed by atoms with Crippen LogP contribution in [0.4, 0.5) is 11.4 Å². The number of hydrogen-bond acceptors (Lipinski definition) is 10. The van der Waals surface area contributed by atoms with Gasteiger partial charge in [0.25, 0.3) is 11.2 Å². The topological polar surface area (TPSA) is 226 Å². The Labute approximate surface area is 165 Å². The number of anilines is 1. The molecule has 0 bridgehead atoms. The lowest BCUT2D eigenvalue weighted by Crippen LogP contribution is -2.38. The molecule has 2 heterocycles. The number of aromatic nitrogens is 2. The first-order valence-corrected chi connectivity index (χ1v) is 9.84. The van der Waals surface area contributed by atoms with E-state index in [2.05, 4.69) is 9.84 Å². The van der Waals surface area contributed by atoms with E-state index in [0.29, 0.717) is 0 Å². The van der Waals surface area contributed by atoms with E-state index in [-0.39, 0.29) is 16.6 Å². The van der Waals surface area contributed by atoms with Gasteiger partial charge in [-0.25, -0.2) is 9.36 Å². The molecule has 1 aliphatic heterocycles. The Bertz CT molecular complexity index is 1160. The highest BCUT2D eigenvalue weighted by Crippen LogP contribution is 2.39. The van der Waals surface area contributed by atoms with Gasteiger partial charge in [0.1, 0.15) is 24.0 Å². The number of benzene rings is 1. The van der Waals surface area contributed by atoms with Gasteiger partial charge < -0.3 is 30.1 Å². The Morgan fingerprint density at radius 2 is 2.00 bits per heavy atom. The Kier molecular flexibility index (Phi) is 5.79. The molecule has 1 fully saturated rings. The summed E-state index contributed by atoms with van der Waals surface area (Å²) in [5.41, 5.74) is -2.60. The smallest absolute Gasteiger partial charge is 0.387 e. The van der Waals surface area contributed by atoms with Crippen LogP contribution in [0.25, 0.3) is 10.9 Å². The molecule has 3 rings (SSSR count). The first-order valence-electron chi connectivity index (χ1n) is 8.31. The van der Waals surface area contributed by atoms with Gasteiger partial charge in [0.15, 0.2) is 6.23 Å². The molecule has 0 radical (unpaired) electrons. The van der Waals surface area contributed by atoms with Crippen LogP contribution in [0.15, 0.2) is 21.7 Å². The lowest BCUT2D eigenvalue weighted by atomic mass is 10.1. The number of fused-ring (bicyclic) bond motifs is 1. The van der Waals surface area contributed by atoms with Crippen LogP contribution < -0.4 is 16.6 Å². The summed E-state index contributed by atoms with van der Waals surface area (Å²) in [6, 6.07) is 2.06. The van der Waals surface area contributed by atoms with Gasteiger partial charge in [-0.2, -0.15) is 0 Å². The lowest BCUT2D eigenvalue weighted by molar-refractivity contribution is -0.383. The summed E-state index contributed by atoms with van der Waals surface area (Å²) < 4.78 is 21.3. The zero-order valence-electron chi connectivity index (χ0n) is 15.2. The Balaban J connectivity index is 2.13. The molecule has 1 aromatic heterocycles. The minimum Gasteiger partial charge on any atom is -0.387 e. The maximum atomic E-state index is 12.5. The highest BCUT2D eigenvalue weighted by atomic mass is 31.2. The number of aliphatic hydroxyl groups is 2. The molecule has 0 spiro atoms. The van der Waals surface area contributed by atoms with E-state index in [9.17, 15) is 34.5 Å².